The molecule has 5 heteroatoms. The Hall–Kier alpha value is -2.82. The fourth-order valence-electron chi connectivity index (χ4n) is 3.71. The molecular formula is C21H20O5. The molecule has 0 bridgehead atoms. The fraction of sp³-hybridized carbons (Fsp3) is 0.333. The summed E-state index contributed by atoms with van der Waals surface area (Å²) in [6.45, 7) is 0. The minimum atomic E-state index is -1.08. The third-order valence-electron chi connectivity index (χ3n) is 5.05. The SMILES string of the molecule is COc1ccc2ccccc2c1C=C1C(=O)OC2(CCCCC2)OC1=O. The zero-order valence-corrected chi connectivity index (χ0v) is 14.6. The van der Waals surface area contributed by atoms with Gasteiger partial charge in [0, 0.05) is 18.4 Å². The Morgan fingerprint density at radius 3 is 2.35 bits per heavy atom. The Morgan fingerprint density at radius 1 is 0.962 bits per heavy atom. The van der Waals surface area contributed by atoms with E-state index in [4.69, 9.17) is 14.2 Å². The minimum absolute atomic E-state index is 0.101. The molecule has 0 N–H and O–H groups in total. The normalized spacial score (nSPS) is 19.2. The predicted molar refractivity (Wildman–Crippen MR) is 96.5 cm³/mol. The van der Waals surface area contributed by atoms with Crippen molar-refractivity contribution >= 4 is 28.8 Å². The van der Waals surface area contributed by atoms with E-state index in [9.17, 15) is 9.59 Å². The van der Waals surface area contributed by atoms with Crippen molar-refractivity contribution in [2.24, 2.45) is 0 Å². The summed E-state index contributed by atoms with van der Waals surface area (Å²) in [4.78, 5) is 25.2. The molecule has 5 nitrogen and oxygen atoms in total. The monoisotopic (exact) mass is 352 g/mol. The minimum Gasteiger partial charge on any atom is -0.496 e. The van der Waals surface area contributed by atoms with Gasteiger partial charge in [-0.05, 0) is 35.8 Å². The molecule has 1 aliphatic carbocycles. The largest absolute Gasteiger partial charge is 0.496 e. The van der Waals surface area contributed by atoms with Gasteiger partial charge in [0.2, 0.25) is 0 Å². The van der Waals surface area contributed by atoms with E-state index in [1.165, 1.54) is 6.08 Å². The first-order valence-corrected chi connectivity index (χ1v) is 8.86. The third kappa shape index (κ3) is 2.83. The summed E-state index contributed by atoms with van der Waals surface area (Å²) in [5, 5.41) is 1.87. The second kappa shape index (κ2) is 6.48. The Bertz CT molecular complexity index is 884. The van der Waals surface area contributed by atoms with Gasteiger partial charge in [-0.25, -0.2) is 9.59 Å². The summed E-state index contributed by atoms with van der Waals surface area (Å²) in [6.07, 6.45) is 5.48. The maximum absolute atomic E-state index is 12.6. The van der Waals surface area contributed by atoms with E-state index >= 15 is 0 Å². The number of esters is 2. The molecule has 2 aromatic rings. The predicted octanol–water partition coefficient (Wildman–Crippen LogP) is 3.99. The molecule has 2 aliphatic rings. The van der Waals surface area contributed by atoms with Crippen LogP contribution < -0.4 is 4.74 Å². The molecule has 26 heavy (non-hydrogen) atoms. The lowest BCUT2D eigenvalue weighted by Crippen LogP contribution is -2.47. The van der Waals surface area contributed by atoms with Crippen LogP contribution in [0.2, 0.25) is 0 Å². The Labute approximate surface area is 151 Å². The number of benzene rings is 2. The fourth-order valence-corrected chi connectivity index (χ4v) is 3.71. The molecule has 0 atom stereocenters. The quantitative estimate of drug-likeness (QED) is 0.465. The van der Waals surface area contributed by atoms with Gasteiger partial charge in [-0.3, -0.25) is 0 Å². The van der Waals surface area contributed by atoms with Crippen molar-refractivity contribution in [3.63, 3.8) is 0 Å². The molecule has 1 saturated carbocycles. The molecule has 0 radical (unpaired) electrons. The maximum Gasteiger partial charge on any atom is 0.348 e. The lowest BCUT2D eigenvalue weighted by Gasteiger charge is -2.38. The summed E-state index contributed by atoms with van der Waals surface area (Å²) in [7, 11) is 1.56. The van der Waals surface area contributed by atoms with Crippen molar-refractivity contribution in [2.75, 3.05) is 7.11 Å². The zero-order valence-electron chi connectivity index (χ0n) is 14.6. The first-order chi connectivity index (χ1) is 12.6. The van der Waals surface area contributed by atoms with E-state index in [1.807, 2.05) is 36.4 Å². The van der Waals surface area contributed by atoms with Gasteiger partial charge in [-0.1, -0.05) is 36.8 Å². The van der Waals surface area contributed by atoms with Crippen LogP contribution in [0, 0.1) is 0 Å². The molecule has 0 aromatic heterocycles. The van der Waals surface area contributed by atoms with E-state index in [0.717, 1.165) is 30.0 Å². The summed E-state index contributed by atoms with van der Waals surface area (Å²) in [6, 6.07) is 11.5. The number of hydrogen-bond acceptors (Lipinski definition) is 5. The average Bonchev–Trinajstić information content (AvgIpc) is 2.65. The number of hydrogen-bond donors (Lipinski definition) is 0. The summed E-state index contributed by atoms with van der Waals surface area (Å²) >= 11 is 0. The molecule has 0 amide bonds. The molecule has 1 spiro atoms. The average molecular weight is 352 g/mol. The van der Waals surface area contributed by atoms with E-state index in [0.29, 0.717) is 24.2 Å². The molecule has 4 rings (SSSR count). The van der Waals surface area contributed by atoms with Gasteiger partial charge in [0.25, 0.3) is 5.79 Å². The van der Waals surface area contributed by atoms with Crippen LogP contribution in [-0.4, -0.2) is 24.8 Å². The lowest BCUT2D eigenvalue weighted by molar-refractivity contribution is -0.244. The van der Waals surface area contributed by atoms with E-state index < -0.39 is 17.7 Å². The van der Waals surface area contributed by atoms with Crippen LogP contribution in [0.3, 0.4) is 0 Å². The van der Waals surface area contributed by atoms with Crippen LogP contribution in [0.15, 0.2) is 42.0 Å². The highest BCUT2D eigenvalue weighted by molar-refractivity contribution is 6.20. The number of fused-ring (bicyclic) bond motifs is 1. The number of ether oxygens (including phenoxy) is 3. The Balaban J connectivity index is 1.76. The number of rotatable bonds is 2. The lowest BCUT2D eigenvalue weighted by atomic mass is 9.93. The van der Waals surface area contributed by atoms with Crippen LogP contribution in [0.5, 0.6) is 5.75 Å². The van der Waals surface area contributed by atoms with Crippen molar-refractivity contribution < 1.29 is 23.8 Å². The molecule has 134 valence electrons. The van der Waals surface area contributed by atoms with Crippen molar-refractivity contribution in [3.05, 3.63) is 47.5 Å². The molecular weight excluding hydrogens is 332 g/mol. The number of methoxy groups -OCH3 is 1. The molecule has 0 unspecified atom stereocenters. The van der Waals surface area contributed by atoms with Crippen LogP contribution in [0.1, 0.15) is 37.7 Å². The van der Waals surface area contributed by atoms with Gasteiger partial charge in [0.15, 0.2) is 0 Å². The Morgan fingerprint density at radius 2 is 1.65 bits per heavy atom. The summed E-state index contributed by atoms with van der Waals surface area (Å²) in [5.41, 5.74) is 0.560. The second-order valence-electron chi connectivity index (χ2n) is 6.71. The molecule has 1 saturated heterocycles. The van der Waals surface area contributed by atoms with Crippen LogP contribution in [-0.2, 0) is 19.1 Å². The third-order valence-corrected chi connectivity index (χ3v) is 5.05. The molecule has 1 heterocycles. The molecule has 2 aromatic carbocycles. The van der Waals surface area contributed by atoms with Crippen LogP contribution in [0.25, 0.3) is 16.8 Å². The van der Waals surface area contributed by atoms with Gasteiger partial charge >= 0.3 is 11.9 Å². The van der Waals surface area contributed by atoms with Crippen molar-refractivity contribution in [2.45, 2.75) is 37.9 Å². The highest BCUT2D eigenvalue weighted by Gasteiger charge is 2.46. The first-order valence-electron chi connectivity index (χ1n) is 8.86. The second-order valence-corrected chi connectivity index (χ2v) is 6.71. The number of carbonyl (C=O) groups excluding carboxylic acids is 2. The van der Waals surface area contributed by atoms with Crippen LogP contribution >= 0.6 is 0 Å². The van der Waals surface area contributed by atoms with Crippen molar-refractivity contribution in [3.8, 4) is 5.75 Å². The smallest absolute Gasteiger partial charge is 0.348 e. The standard InChI is InChI=1S/C21H20O5/c1-24-18-10-9-14-7-3-4-8-15(14)16(18)13-17-19(22)25-21(26-20(17)23)11-5-2-6-12-21/h3-4,7-10,13H,2,5-6,11-12H2,1H3. The van der Waals surface area contributed by atoms with Gasteiger partial charge in [0.1, 0.15) is 11.3 Å². The van der Waals surface area contributed by atoms with E-state index in [-0.39, 0.29) is 5.57 Å². The van der Waals surface area contributed by atoms with Crippen molar-refractivity contribution in [1.82, 2.24) is 0 Å². The van der Waals surface area contributed by atoms with Gasteiger partial charge in [-0.15, -0.1) is 0 Å². The molecule has 1 aliphatic heterocycles. The topological polar surface area (TPSA) is 61.8 Å². The van der Waals surface area contributed by atoms with E-state index in [2.05, 4.69) is 0 Å². The van der Waals surface area contributed by atoms with Gasteiger partial charge in [-0.2, -0.15) is 0 Å². The zero-order chi connectivity index (χ0) is 18.1. The first kappa shape index (κ1) is 16.6. The maximum atomic E-state index is 12.6. The summed E-state index contributed by atoms with van der Waals surface area (Å²) < 4.78 is 16.6. The molecule has 2 fully saturated rings. The van der Waals surface area contributed by atoms with Crippen molar-refractivity contribution in [1.29, 1.82) is 0 Å². The highest BCUT2D eigenvalue weighted by Crippen LogP contribution is 2.38. The van der Waals surface area contributed by atoms with Crippen LogP contribution in [0.4, 0.5) is 0 Å². The number of carbonyl (C=O) groups is 2. The van der Waals surface area contributed by atoms with Gasteiger partial charge in [0.05, 0.1) is 7.11 Å². The van der Waals surface area contributed by atoms with Gasteiger partial charge < -0.3 is 14.2 Å². The van der Waals surface area contributed by atoms with E-state index in [1.54, 1.807) is 7.11 Å². The summed E-state index contributed by atoms with van der Waals surface area (Å²) in [5.74, 6) is -1.75. The highest BCUT2D eigenvalue weighted by atomic mass is 16.7. The Kier molecular flexibility index (Phi) is 4.15.